The molecule has 2 aliphatic heterocycles. The van der Waals surface area contributed by atoms with E-state index in [0.29, 0.717) is 0 Å². The van der Waals surface area contributed by atoms with E-state index < -0.39 is 0 Å². The molecule has 1 spiro atoms. The average Bonchev–Trinajstić information content (AvgIpc) is 3.07. The number of nitrogens with one attached hydrogen (secondary N) is 1. The molecule has 2 heterocycles. The molecule has 0 radical (unpaired) electrons. The highest BCUT2D eigenvalue weighted by molar-refractivity contribution is 8.03. The summed E-state index contributed by atoms with van der Waals surface area (Å²) in [6.07, 6.45) is 15.8. The number of hydrogen-bond acceptors (Lipinski definition) is 3. The van der Waals surface area contributed by atoms with Gasteiger partial charge in [-0.2, -0.15) is 0 Å². The van der Waals surface area contributed by atoms with Crippen LogP contribution < -0.4 is 5.32 Å². The largest absolute Gasteiger partial charge is 0.302 e. The van der Waals surface area contributed by atoms with Crippen molar-refractivity contribution in [2.75, 3.05) is 5.75 Å². The van der Waals surface area contributed by atoms with Crippen LogP contribution >= 0.6 is 11.8 Å². The van der Waals surface area contributed by atoms with Crippen LogP contribution in [0.3, 0.4) is 0 Å². The van der Waals surface area contributed by atoms with E-state index in [1.807, 2.05) is 18.0 Å². The van der Waals surface area contributed by atoms with Crippen molar-refractivity contribution in [2.24, 2.45) is 10.4 Å². The molecule has 0 bridgehead atoms. The van der Waals surface area contributed by atoms with Gasteiger partial charge in [0.1, 0.15) is 0 Å². The summed E-state index contributed by atoms with van der Waals surface area (Å²) >= 11 is 2.03. The monoisotopic (exact) mass is 364 g/mol. The van der Waals surface area contributed by atoms with Crippen molar-refractivity contribution in [1.29, 1.82) is 0 Å². The fraction of sp³-hybridized carbons (Fsp3) is 0.435. The molecule has 4 rings (SSSR count). The summed E-state index contributed by atoms with van der Waals surface area (Å²) in [5, 5.41) is 4.16. The first-order valence-electron chi connectivity index (χ1n) is 9.83. The number of nitrogens with zero attached hydrogens (tertiary/aromatic N) is 1. The third-order valence-corrected chi connectivity index (χ3v) is 7.61. The van der Waals surface area contributed by atoms with Gasteiger partial charge in [0.2, 0.25) is 0 Å². The van der Waals surface area contributed by atoms with E-state index in [1.54, 1.807) is 0 Å². The van der Waals surface area contributed by atoms with Crippen molar-refractivity contribution in [1.82, 2.24) is 5.32 Å². The number of hydrogen-bond donors (Lipinski definition) is 1. The lowest BCUT2D eigenvalue weighted by Gasteiger charge is -2.42. The maximum Gasteiger partial charge on any atom is 0.0822 e. The first-order chi connectivity index (χ1) is 12.7. The highest BCUT2D eigenvalue weighted by Crippen LogP contribution is 2.56. The van der Waals surface area contributed by atoms with E-state index in [0.717, 1.165) is 12.2 Å². The fourth-order valence-corrected chi connectivity index (χ4v) is 6.01. The summed E-state index contributed by atoms with van der Waals surface area (Å²) < 4.78 is 0. The lowest BCUT2D eigenvalue weighted by Crippen LogP contribution is -2.51. The van der Waals surface area contributed by atoms with Gasteiger partial charge >= 0.3 is 0 Å². The van der Waals surface area contributed by atoms with Crippen LogP contribution in [0.4, 0.5) is 0 Å². The minimum absolute atomic E-state index is 0.162. The van der Waals surface area contributed by atoms with Gasteiger partial charge in [-0.1, -0.05) is 75.2 Å². The Balaban J connectivity index is 1.84. The molecule has 1 unspecified atom stereocenters. The topological polar surface area (TPSA) is 24.4 Å². The van der Waals surface area contributed by atoms with Crippen LogP contribution in [0.5, 0.6) is 0 Å². The predicted octanol–water partition coefficient (Wildman–Crippen LogP) is 5.81. The third kappa shape index (κ3) is 2.82. The van der Waals surface area contributed by atoms with Gasteiger partial charge in [-0.25, -0.2) is 0 Å². The molecule has 1 aliphatic carbocycles. The number of thioether (sulfide) groups is 1. The fourth-order valence-electron chi connectivity index (χ4n) is 4.44. The van der Waals surface area contributed by atoms with Gasteiger partial charge in [0.05, 0.1) is 11.5 Å². The quantitative estimate of drug-likeness (QED) is 0.713. The molecule has 0 amide bonds. The lowest BCUT2D eigenvalue weighted by molar-refractivity contribution is 0.252. The molecule has 0 aromatic heterocycles. The summed E-state index contributed by atoms with van der Waals surface area (Å²) in [6, 6.07) is 11.2. The smallest absolute Gasteiger partial charge is 0.0822 e. The maximum atomic E-state index is 4.62. The number of rotatable bonds is 5. The molecule has 3 atom stereocenters. The summed E-state index contributed by atoms with van der Waals surface area (Å²) in [6.45, 7) is 4.63. The number of unbranched alkanes of at least 4 members (excludes halogenated alkanes) is 1. The first kappa shape index (κ1) is 17.8. The van der Waals surface area contributed by atoms with Gasteiger partial charge in [0, 0.05) is 28.6 Å². The lowest BCUT2D eigenvalue weighted by atomic mass is 9.70. The van der Waals surface area contributed by atoms with Gasteiger partial charge < -0.3 is 5.32 Å². The highest BCUT2D eigenvalue weighted by Gasteiger charge is 2.51. The van der Waals surface area contributed by atoms with Crippen LogP contribution in [0.25, 0.3) is 0 Å². The SMILES string of the molecule is CCCC[C@]1(CC)CSC2=CC=CC3=CN=CC32[C@H](c2ccccc2)N1. The van der Waals surface area contributed by atoms with Crippen LogP contribution in [-0.4, -0.2) is 17.5 Å². The van der Waals surface area contributed by atoms with Gasteiger partial charge in [0.25, 0.3) is 0 Å². The predicted molar refractivity (Wildman–Crippen MR) is 114 cm³/mol. The van der Waals surface area contributed by atoms with E-state index in [9.17, 15) is 0 Å². The van der Waals surface area contributed by atoms with Crippen molar-refractivity contribution in [2.45, 2.75) is 51.1 Å². The molecule has 1 aromatic carbocycles. The number of aliphatic imine (C=N–C) groups is 1. The summed E-state index contributed by atoms with van der Waals surface area (Å²) in [5.41, 5.74) is 2.66. The second kappa shape index (κ2) is 7.21. The molecule has 26 heavy (non-hydrogen) atoms. The molecule has 3 heteroatoms. The molecule has 136 valence electrons. The normalized spacial score (nSPS) is 32.5. The maximum absolute atomic E-state index is 4.62. The van der Waals surface area contributed by atoms with Crippen molar-refractivity contribution < 1.29 is 0 Å². The first-order valence-corrected chi connectivity index (χ1v) is 10.8. The van der Waals surface area contributed by atoms with Crippen LogP contribution in [-0.2, 0) is 0 Å². The minimum atomic E-state index is -0.163. The Morgan fingerprint density at radius 1 is 1.23 bits per heavy atom. The van der Waals surface area contributed by atoms with Crippen LogP contribution in [0.1, 0.15) is 51.1 Å². The molecule has 1 fully saturated rings. The van der Waals surface area contributed by atoms with Crippen molar-refractivity contribution in [3.8, 4) is 0 Å². The van der Waals surface area contributed by atoms with Crippen molar-refractivity contribution in [3.63, 3.8) is 0 Å². The van der Waals surface area contributed by atoms with Crippen molar-refractivity contribution in [3.05, 3.63) is 70.8 Å². The zero-order valence-electron chi connectivity index (χ0n) is 15.7. The van der Waals surface area contributed by atoms with Gasteiger partial charge in [0.15, 0.2) is 0 Å². The van der Waals surface area contributed by atoms with E-state index >= 15 is 0 Å². The van der Waals surface area contributed by atoms with Crippen LogP contribution in [0, 0.1) is 5.41 Å². The number of benzene rings is 1. The molecular weight excluding hydrogens is 336 g/mol. The van der Waals surface area contributed by atoms with Crippen molar-refractivity contribution >= 4 is 18.0 Å². The van der Waals surface area contributed by atoms with Gasteiger partial charge in [-0.05, 0) is 24.0 Å². The summed E-state index contributed by atoms with van der Waals surface area (Å²) in [5.74, 6) is 1.12. The average molecular weight is 365 g/mol. The van der Waals surface area contributed by atoms with Gasteiger partial charge in [-0.3, -0.25) is 4.99 Å². The zero-order chi connectivity index (χ0) is 18.0. The van der Waals surface area contributed by atoms with Crippen LogP contribution in [0.2, 0.25) is 0 Å². The third-order valence-electron chi connectivity index (χ3n) is 6.13. The van der Waals surface area contributed by atoms with Crippen LogP contribution in [0.15, 0.2) is 70.2 Å². The molecular formula is C23H28N2S. The Morgan fingerprint density at radius 3 is 2.85 bits per heavy atom. The molecule has 1 saturated heterocycles. The molecule has 2 nitrogen and oxygen atoms in total. The molecule has 0 saturated carbocycles. The Morgan fingerprint density at radius 2 is 2.08 bits per heavy atom. The highest BCUT2D eigenvalue weighted by atomic mass is 32.2. The van der Waals surface area contributed by atoms with E-state index in [-0.39, 0.29) is 17.0 Å². The van der Waals surface area contributed by atoms with Gasteiger partial charge in [-0.15, -0.1) is 11.8 Å². The zero-order valence-corrected chi connectivity index (χ0v) is 16.6. The van der Waals surface area contributed by atoms with E-state index in [2.05, 4.69) is 78.9 Å². The minimum Gasteiger partial charge on any atom is -0.302 e. The standard InChI is InChI=1S/C23H28N2S/c1-3-5-14-22(4-2)17-26-20-13-9-12-19-15-24-16-23(19,20)21(25-22)18-10-7-6-8-11-18/h6-13,15-16,21,25H,3-5,14,17H2,1-2H3/t21-,22+,23?/m0/s1. The molecule has 1 aromatic rings. The second-order valence-electron chi connectivity index (χ2n) is 7.64. The summed E-state index contributed by atoms with van der Waals surface area (Å²) in [4.78, 5) is 6.05. The molecule has 3 aliphatic rings. The van der Waals surface area contributed by atoms with E-state index in [4.69, 9.17) is 0 Å². The Bertz CT molecular complexity index is 777. The summed E-state index contributed by atoms with van der Waals surface area (Å²) in [7, 11) is 0. The number of allylic oxidation sites excluding steroid dienone is 3. The molecule has 1 N–H and O–H groups in total. The Kier molecular flexibility index (Phi) is 4.94. The Labute approximate surface area is 161 Å². The Hall–Kier alpha value is -1.58. The van der Waals surface area contributed by atoms with E-state index in [1.165, 1.54) is 35.3 Å². The second-order valence-corrected chi connectivity index (χ2v) is 8.65.